The van der Waals surface area contributed by atoms with Crippen molar-refractivity contribution in [1.29, 1.82) is 0 Å². The summed E-state index contributed by atoms with van der Waals surface area (Å²) >= 11 is 1.52. The van der Waals surface area contributed by atoms with E-state index in [1.54, 1.807) is 24.1 Å². The van der Waals surface area contributed by atoms with Crippen molar-refractivity contribution in [1.82, 2.24) is 9.55 Å². The number of carbonyl (C=O) groups excluding carboxylic acids is 3. The number of thiophene rings is 1. The number of imidazole rings is 1. The first-order valence-corrected chi connectivity index (χ1v) is 13.2. The summed E-state index contributed by atoms with van der Waals surface area (Å²) < 4.78 is 1.88. The lowest BCUT2D eigenvalue weighted by Crippen LogP contribution is -2.26. The van der Waals surface area contributed by atoms with Crippen LogP contribution in [0.1, 0.15) is 45.1 Å². The molecular weight excluding hydrogens is 486 g/mol. The quantitative estimate of drug-likeness (QED) is 0.335. The molecule has 2 aromatic carbocycles. The Hall–Kier alpha value is -3.98. The predicted molar refractivity (Wildman–Crippen MR) is 147 cm³/mol. The number of aryl methyl sites for hydroxylation is 1. The van der Waals surface area contributed by atoms with Crippen LogP contribution in [0.4, 0.5) is 10.7 Å². The van der Waals surface area contributed by atoms with Crippen LogP contribution in [0, 0.1) is 0 Å². The highest BCUT2D eigenvalue weighted by molar-refractivity contribution is 7.18. The Kier molecular flexibility index (Phi) is 7.05. The summed E-state index contributed by atoms with van der Waals surface area (Å²) in [5.41, 5.74) is 8.14. The number of aromatic nitrogens is 2. The zero-order valence-electron chi connectivity index (χ0n) is 20.7. The summed E-state index contributed by atoms with van der Waals surface area (Å²) in [4.78, 5) is 47.1. The van der Waals surface area contributed by atoms with E-state index in [1.165, 1.54) is 24.2 Å². The van der Waals surface area contributed by atoms with Crippen molar-refractivity contribution in [2.75, 3.05) is 29.9 Å². The van der Waals surface area contributed by atoms with Gasteiger partial charge in [-0.25, -0.2) is 4.98 Å². The first-order valence-electron chi connectivity index (χ1n) is 12.4. The number of anilines is 2. The van der Waals surface area contributed by atoms with E-state index in [9.17, 15) is 14.4 Å². The molecule has 0 bridgehead atoms. The second-order valence-electron chi connectivity index (χ2n) is 9.23. The monoisotopic (exact) mass is 515 g/mol. The van der Waals surface area contributed by atoms with Gasteiger partial charge in [-0.1, -0.05) is 18.2 Å². The number of rotatable bonds is 9. The van der Waals surface area contributed by atoms with E-state index in [2.05, 4.69) is 4.90 Å². The first kappa shape index (κ1) is 24.7. The largest absolute Gasteiger partial charge is 0.370 e. The number of ketones is 1. The van der Waals surface area contributed by atoms with Gasteiger partial charge < -0.3 is 20.1 Å². The van der Waals surface area contributed by atoms with Crippen molar-refractivity contribution in [3.63, 3.8) is 0 Å². The molecular formula is C28H29N5O3S. The molecule has 5 rings (SSSR count). The van der Waals surface area contributed by atoms with Crippen LogP contribution in [0.2, 0.25) is 0 Å². The fraction of sp³-hybridized carbons (Fsp3) is 0.286. The zero-order valence-corrected chi connectivity index (χ0v) is 21.5. The molecule has 1 aliphatic rings. The molecule has 2 aromatic heterocycles. The van der Waals surface area contributed by atoms with E-state index >= 15 is 0 Å². The van der Waals surface area contributed by atoms with Gasteiger partial charge in [0.2, 0.25) is 5.91 Å². The number of hydrogen-bond donors (Lipinski definition) is 1. The lowest BCUT2D eigenvalue weighted by atomic mass is 10.2. The van der Waals surface area contributed by atoms with Gasteiger partial charge in [0, 0.05) is 44.4 Å². The maximum atomic E-state index is 13.2. The van der Waals surface area contributed by atoms with Crippen LogP contribution in [-0.2, 0) is 17.8 Å². The number of hydrogen-bond acceptors (Lipinski definition) is 6. The third-order valence-electron chi connectivity index (χ3n) is 6.71. The van der Waals surface area contributed by atoms with E-state index in [1.807, 2.05) is 53.1 Å². The van der Waals surface area contributed by atoms with Crippen molar-refractivity contribution in [3.05, 3.63) is 76.9 Å². The van der Waals surface area contributed by atoms with Gasteiger partial charge in [-0.3, -0.25) is 14.4 Å². The SMILES string of the molecule is CN(C(=O)c1ccccc1)c1ccc2c(c1)nc(CC(=O)c1ccc(N3CCCC3)s1)n2CCC(N)=O. The average Bonchev–Trinajstić information content (AvgIpc) is 3.66. The number of nitrogens with two attached hydrogens (primary N) is 1. The minimum atomic E-state index is -0.419. The predicted octanol–water partition coefficient (Wildman–Crippen LogP) is 4.28. The fourth-order valence-electron chi connectivity index (χ4n) is 4.69. The third-order valence-corrected chi connectivity index (χ3v) is 7.90. The third kappa shape index (κ3) is 5.27. The van der Waals surface area contributed by atoms with E-state index in [4.69, 9.17) is 10.7 Å². The first-order chi connectivity index (χ1) is 17.9. The lowest BCUT2D eigenvalue weighted by Gasteiger charge is -2.17. The molecule has 37 heavy (non-hydrogen) atoms. The number of amides is 2. The Labute approximate surface area is 219 Å². The fourth-order valence-corrected chi connectivity index (χ4v) is 5.69. The molecule has 0 saturated carbocycles. The van der Waals surface area contributed by atoms with Crippen LogP contribution >= 0.6 is 11.3 Å². The standard InChI is InChI=1S/C28H29N5O3S/c1-31(28(36)19-7-3-2-4-8-19)20-9-10-22-21(17-20)30-26(33(22)16-13-25(29)35)18-23(34)24-11-12-27(37-24)32-14-5-6-15-32/h2-4,7-12,17H,5-6,13-16,18H2,1H3,(H2,29,35). The van der Waals surface area contributed by atoms with Crippen molar-refractivity contribution < 1.29 is 14.4 Å². The van der Waals surface area contributed by atoms with E-state index in [0.717, 1.165) is 23.6 Å². The molecule has 0 aliphatic carbocycles. The van der Waals surface area contributed by atoms with Crippen LogP contribution in [-0.4, -0.2) is 47.3 Å². The Morgan fingerprint density at radius 2 is 1.78 bits per heavy atom. The minimum absolute atomic E-state index is 0.0114. The number of nitrogens with zero attached hydrogens (tertiary/aromatic N) is 4. The lowest BCUT2D eigenvalue weighted by molar-refractivity contribution is -0.118. The van der Waals surface area contributed by atoms with Crippen LogP contribution in [0.25, 0.3) is 11.0 Å². The van der Waals surface area contributed by atoms with Crippen molar-refractivity contribution in [3.8, 4) is 0 Å². The molecule has 190 valence electrons. The van der Waals surface area contributed by atoms with E-state index < -0.39 is 5.91 Å². The molecule has 9 heteroatoms. The second kappa shape index (κ2) is 10.6. The topological polar surface area (TPSA) is 102 Å². The highest BCUT2D eigenvalue weighted by Gasteiger charge is 2.21. The maximum Gasteiger partial charge on any atom is 0.258 e. The molecule has 0 atom stereocenters. The Morgan fingerprint density at radius 3 is 2.51 bits per heavy atom. The molecule has 4 aromatic rings. The summed E-state index contributed by atoms with van der Waals surface area (Å²) in [5, 5.41) is 1.12. The van der Waals surface area contributed by atoms with Gasteiger partial charge >= 0.3 is 0 Å². The Balaban J connectivity index is 1.43. The summed E-state index contributed by atoms with van der Waals surface area (Å²) in [5.74, 6) is 0.0155. The number of fused-ring (bicyclic) bond motifs is 1. The van der Waals surface area contributed by atoms with Crippen LogP contribution in [0.15, 0.2) is 60.7 Å². The number of Topliss-reactive ketones (excluding diaryl/α,β-unsaturated/α-hetero) is 1. The summed E-state index contributed by atoms with van der Waals surface area (Å²) in [7, 11) is 1.72. The Bertz CT molecular complexity index is 1450. The van der Waals surface area contributed by atoms with E-state index in [-0.39, 0.29) is 24.5 Å². The van der Waals surface area contributed by atoms with Crippen LogP contribution < -0.4 is 15.5 Å². The molecule has 0 unspecified atom stereocenters. The van der Waals surface area contributed by atoms with Crippen molar-refractivity contribution in [2.24, 2.45) is 5.73 Å². The van der Waals surface area contributed by atoms with Gasteiger partial charge in [0.15, 0.2) is 5.78 Å². The molecule has 8 nitrogen and oxygen atoms in total. The number of benzene rings is 2. The average molecular weight is 516 g/mol. The molecule has 1 fully saturated rings. The van der Waals surface area contributed by atoms with Gasteiger partial charge in [-0.15, -0.1) is 11.3 Å². The highest BCUT2D eigenvalue weighted by Crippen LogP contribution is 2.30. The zero-order chi connectivity index (χ0) is 25.9. The Morgan fingerprint density at radius 1 is 1.03 bits per heavy atom. The van der Waals surface area contributed by atoms with Crippen LogP contribution in [0.3, 0.4) is 0 Å². The number of carbonyl (C=O) groups is 3. The van der Waals surface area contributed by atoms with Gasteiger partial charge in [-0.05, 0) is 55.3 Å². The molecule has 1 saturated heterocycles. The molecule has 2 N–H and O–H groups in total. The molecule has 0 spiro atoms. The van der Waals surface area contributed by atoms with Gasteiger partial charge in [0.05, 0.1) is 27.3 Å². The molecule has 3 heterocycles. The molecule has 0 radical (unpaired) electrons. The number of primary amides is 1. The summed E-state index contributed by atoms with van der Waals surface area (Å²) in [6, 6.07) is 18.5. The van der Waals surface area contributed by atoms with Gasteiger partial charge in [0.25, 0.3) is 5.91 Å². The van der Waals surface area contributed by atoms with Crippen molar-refractivity contribution >= 4 is 50.7 Å². The minimum Gasteiger partial charge on any atom is -0.370 e. The van der Waals surface area contributed by atoms with Crippen LogP contribution in [0.5, 0.6) is 0 Å². The van der Waals surface area contributed by atoms with E-state index in [0.29, 0.717) is 34.0 Å². The smallest absolute Gasteiger partial charge is 0.258 e. The molecule has 1 aliphatic heterocycles. The van der Waals surface area contributed by atoms with Gasteiger partial charge in [0.1, 0.15) is 5.82 Å². The second-order valence-corrected chi connectivity index (χ2v) is 10.3. The molecule has 2 amide bonds. The van der Waals surface area contributed by atoms with Crippen molar-refractivity contribution in [2.45, 2.75) is 32.2 Å². The highest BCUT2D eigenvalue weighted by atomic mass is 32.1. The summed E-state index contributed by atoms with van der Waals surface area (Å²) in [6.07, 6.45) is 2.61. The van der Waals surface area contributed by atoms with Gasteiger partial charge in [-0.2, -0.15) is 0 Å². The normalized spacial score (nSPS) is 13.3. The maximum absolute atomic E-state index is 13.2. The summed E-state index contributed by atoms with van der Waals surface area (Å²) in [6.45, 7) is 2.39.